The van der Waals surface area contributed by atoms with Gasteiger partial charge in [0.25, 0.3) is 0 Å². The molecule has 0 atom stereocenters. The van der Waals surface area contributed by atoms with Crippen molar-refractivity contribution in [2.45, 2.75) is 0 Å². The second kappa shape index (κ2) is 6.25. The van der Waals surface area contributed by atoms with Gasteiger partial charge in [-0.15, -0.1) is 10.2 Å². The highest BCUT2D eigenvalue weighted by molar-refractivity contribution is 7.15. The molecule has 1 aromatic carbocycles. The smallest absolute Gasteiger partial charge is 0.222 e. The second-order valence-corrected chi connectivity index (χ2v) is 6.23. The molecule has 0 amide bonds. The first-order valence-electron chi connectivity index (χ1n) is 6.49. The van der Waals surface area contributed by atoms with E-state index in [2.05, 4.69) is 69.0 Å². The van der Waals surface area contributed by atoms with Crippen LogP contribution in [0.1, 0.15) is 0 Å². The average molecular weight is 351 g/mol. The van der Waals surface area contributed by atoms with Crippen LogP contribution in [0.2, 0.25) is 0 Å². The minimum Gasteiger partial charge on any atom is -0.222 e. The Hall–Kier alpha value is -2.00. The van der Waals surface area contributed by atoms with Gasteiger partial charge in [0.1, 0.15) is 6.20 Å². The van der Waals surface area contributed by atoms with E-state index in [9.17, 15) is 0 Å². The fraction of sp³-hybridized carbons (Fsp3) is 0. The Kier molecular flexibility index (Phi) is 4.31. The lowest BCUT2D eigenvalue weighted by atomic mass is 10.2. The van der Waals surface area contributed by atoms with Gasteiger partial charge in [0.05, 0.1) is 6.20 Å². The Morgan fingerprint density at radius 3 is 2.26 bits per heavy atom. The molecule has 0 bridgehead atoms. The number of nitrogens with zero attached hydrogens (tertiary/aromatic N) is 2. The maximum Gasteiger partial charge on any atom is 0.351 e. The summed E-state index contributed by atoms with van der Waals surface area (Å²) < 4.78 is 38.5. The van der Waals surface area contributed by atoms with E-state index in [1.54, 1.807) is 11.3 Å². The zero-order chi connectivity index (χ0) is 16.4. The van der Waals surface area contributed by atoms with Crippen LogP contribution in [-0.2, 0) is 0 Å². The van der Waals surface area contributed by atoms with Gasteiger partial charge in [0, 0.05) is 10.9 Å². The molecule has 0 unspecified atom stereocenters. The quantitative estimate of drug-likeness (QED) is 0.396. The van der Waals surface area contributed by atoms with E-state index in [1.165, 1.54) is 21.7 Å². The summed E-state index contributed by atoms with van der Waals surface area (Å²) in [5.41, 5.74) is 3.73. The Bertz CT molecular complexity index is 925. The minimum absolute atomic E-state index is 1.22. The molecule has 0 saturated carbocycles. The van der Waals surface area contributed by atoms with Crippen LogP contribution < -0.4 is 23.0 Å². The third-order valence-corrected chi connectivity index (χ3v) is 4.12. The minimum atomic E-state index is -4.94. The van der Waals surface area contributed by atoms with Gasteiger partial charge in [-0.05, 0) is 12.1 Å². The second-order valence-electron chi connectivity index (χ2n) is 4.64. The first-order valence-corrected chi connectivity index (χ1v) is 8.61. The van der Waals surface area contributed by atoms with Gasteiger partial charge in [-0.1, -0.05) is 47.7 Å². The van der Waals surface area contributed by atoms with Crippen molar-refractivity contribution in [3.63, 3.8) is 0 Å². The number of aromatic nitrogens is 2. The van der Waals surface area contributed by atoms with Gasteiger partial charge in [-0.2, -0.15) is 8.80 Å². The molecule has 23 heavy (non-hydrogen) atoms. The van der Waals surface area contributed by atoms with Gasteiger partial charge >= 0.3 is 4.96 Å². The fourth-order valence-electron chi connectivity index (χ4n) is 2.31. The summed E-state index contributed by atoms with van der Waals surface area (Å²) >= 11 is 1.77. The first kappa shape index (κ1) is 15.9. The van der Waals surface area contributed by atoms with E-state index >= 15 is 0 Å². The van der Waals surface area contributed by atoms with Crippen LogP contribution >= 0.6 is 11.3 Å². The lowest BCUT2D eigenvalue weighted by Crippen LogP contribution is -2.68. The van der Waals surface area contributed by atoms with Crippen molar-refractivity contribution in [1.29, 1.82) is 0 Å². The van der Waals surface area contributed by atoms with Crippen molar-refractivity contribution in [2.24, 2.45) is 0 Å². The molecule has 0 aliphatic heterocycles. The molecule has 4 aromatic rings. The zero-order valence-electron chi connectivity index (χ0n) is 11.7. The fourth-order valence-corrected chi connectivity index (χ4v) is 3.32. The first-order chi connectivity index (χ1) is 10.9. The van der Waals surface area contributed by atoms with Gasteiger partial charge < -0.3 is 0 Å². The molecule has 3 heterocycles. The average Bonchev–Trinajstić information content (AvgIpc) is 3.05. The molecule has 0 aliphatic rings. The number of imidazole rings is 1. The summed E-state index contributed by atoms with van der Waals surface area (Å²) in [5.74, 6) is 0. The summed E-state index contributed by atoms with van der Waals surface area (Å²) in [6.45, 7) is 0. The molecule has 118 valence electrons. The molecule has 0 aliphatic carbocycles. The molecule has 8 heteroatoms. The normalized spacial score (nSPS) is 11.5. The molecule has 0 N–H and O–H groups in total. The highest BCUT2D eigenvalue weighted by Crippen LogP contribution is 2.22. The van der Waals surface area contributed by atoms with Crippen LogP contribution in [0, 0.1) is 10.2 Å². The highest BCUT2D eigenvalue weighted by atomic mass is 35.7. The van der Waals surface area contributed by atoms with Gasteiger partial charge in [0.2, 0.25) is 0 Å². The SMILES string of the molecule is [O-][Cl+3]([O-])([O-])[O-].c1ccc(-c2csc3n4ccccc4c[n+]23)cc1. The molecule has 3 aromatic heterocycles. The third-order valence-electron chi connectivity index (χ3n) is 3.17. The molecule has 0 fully saturated rings. The summed E-state index contributed by atoms with van der Waals surface area (Å²) in [6, 6.07) is 16.8. The third kappa shape index (κ3) is 3.67. The molecule has 4 rings (SSSR count). The van der Waals surface area contributed by atoms with Crippen molar-refractivity contribution >= 4 is 21.8 Å². The van der Waals surface area contributed by atoms with Gasteiger partial charge in [0.15, 0.2) is 11.2 Å². The van der Waals surface area contributed by atoms with E-state index in [0.717, 1.165) is 0 Å². The number of pyridine rings is 1. The molecule has 0 saturated heterocycles. The zero-order valence-corrected chi connectivity index (χ0v) is 13.2. The molecular formula is C15H11ClN2O4S. The molecule has 0 radical (unpaired) electrons. The molecular weight excluding hydrogens is 340 g/mol. The van der Waals surface area contributed by atoms with E-state index < -0.39 is 10.2 Å². The number of halogens is 1. The summed E-state index contributed by atoms with van der Waals surface area (Å²) in [4.78, 5) is 1.24. The topological polar surface area (TPSA) is 101 Å². The Balaban J connectivity index is 0.000000276. The standard InChI is InChI=1S/C15H11N2S.ClHO4/c1-2-6-12(7-3-1)14-11-18-15-16-9-5-4-8-13(16)10-17(14)15;2-1(3,4)5/h1-11H;(H,2,3,4,5)/q+1;/p-1. The Morgan fingerprint density at radius 2 is 1.57 bits per heavy atom. The monoisotopic (exact) mass is 350 g/mol. The van der Waals surface area contributed by atoms with Crippen LogP contribution in [0.15, 0.2) is 66.3 Å². The number of benzene rings is 1. The van der Waals surface area contributed by atoms with Crippen LogP contribution in [0.5, 0.6) is 0 Å². The number of fused-ring (bicyclic) bond motifs is 3. The molecule has 6 nitrogen and oxygen atoms in total. The lowest BCUT2D eigenvalue weighted by molar-refractivity contribution is -2.00. The Labute approximate surface area is 137 Å². The van der Waals surface area contributed by atoms with E-state index in [1.807, 2.05) is 6.07 Å². The van der Waals surface area contributed by atoms with Crippen molar-refractivity contribution in [3.05, 3.63) is 66.3 Å². The van der Waals surface area contributed by atoms with Crippen molar-refractivity contribution < 1.29 is 33.3 Å². The lowest BCUT2D eigenvalue weighted by Gasteiger charge is -2.17. The van der Waals surface area contributed by atoms with Crippen LogP contribution in [0.4, 0.5) is 0 Å². The van der Waals surface area contributed by atoms with E-state index in [-0.39, 0.29) is 0 Å². The van der Waals surface area contributed by atoms with Crippen molar-refractivity contribution in [2.75, 3.05) is 0 Å². The maximum atomic E-state index is 8.49. The maximum absolute atomic E-state index is 8.49. The van der Waals surface area contributed by atoms with Crippen LogP contribution in [0.3, 0.4) is 0 Å². The highest BCUT2D eigenvalue weighted by Gasteiger charge is 2.17. The van der Waals surface area contributed by atoms with E-state index in [4.69, 9.17) is 18.6 Å². The number of hydrogen-bond donors (Lipinski definition) is 0. The summed E-state index contributed by atoms with van der Waals surface area (Å²) in [6.07, 6.45) is 4.30. The summed E-state index contributed by atoms with van der Waals surface area (Å²) in [7, 11) is -4.94. The Morgan fingerprint density at radius 1 is 0.913 bits per heavy atom. The molecule has 0 spiro atoms. The van der Waals surface area contributed by atoms with Gasteiger partial charge in [-0.25, -0.2) is 18.6 Å². The predicted octanol–water partition coefficient (Wildman–Crippen LogP) is -1.35. The van der Waals surface area contributed by atoms with Crippen molar-refractivity contribution in [3.8, 4) is 11.3 Å². The number of thiazole rings is 1. The summed E-state index contributed by atoms with van der Waals surface area (Å²) in [5, 5.41) is 2.21. The predicted molar refractivity (Wildman–Crippen MR) is 73.9 cm³/mol. The van der Waals surface area contributed by atoms with E-state index in [0.29, 0.717) is 0 Å². The van der Waals surface area contributed by atoms with Crippen molar-refractivity contribution in [1.82, 2.24) is 4.40 Å². The van der Waals surface area contributed by atoms with Crippen LogP contribution in [0.25, 0.3) is 21.7 Å². The van der Waals surface area contributed by atoms with Crippen LogP contribution in [-0.4, -0.2) is 4.40 Å². The number of rotatable bonds is 1. The van der Waals surface area contributed by atoms with Gasteiger partial charge in [-0.3, -0.25) is 0 Å². The number of hydrogen-bond acceptors (Lipinski definition) is 5. The largest absolute Gasteiger partial charge is 0.351 e.